The van der Waals surface area contributed by atoms with E-state index in [-0.39, 0.29) is 18.4 Å². The van der Waals surface area contributed by atoms with Crippen LogP contribution in [0.3, 0.4) is 0 Å². The number of rotatable bonds is 6. The van der Waals surface area contributed by atoms with Gasteiger partial charge in [0.15, 0.2) is 0 Å². The topological polar surface area (TPSA) is 76.0 Å². The Bertz CT molecular complexity index is 362. The van der Waals surface area contributed by atoms with E-state index in [1.165, 1.54) is 0 Å². The molecule has 0 aliphatic rings. The van der Waals surface area contributed by atoms with Crippen LogP contribution in [-0.2, 0) is 9.59 Å². The Morgan fingerprint density at radius 3 is 2.76 bits per heavy atom. The van der Waals surface area contributed by atoms with Crippen molar-refractivity contribution in [1.29, 1.82) is 0 Å². The quantitative estimate of drug-likeness (QED) is 0.737. The van der Waals surface area contributed by atoms with Gasteiger partial charge in [0.25, 0.3) is 0 Å². The van der Waals surface area contributed by atoms with E-state index in [0.29, 0.717) is 6.54 Å². The Hall–Kier alpha value is -1.85. The number of carbonyl (C=O) groups is 2. The van der Waals surface area contributed by atoms with Gasteiger partial charge in [-0.15, -0.1) is 0 Å². The molecular weight excluding hydrogens is 220 g/mol. The second-order valence-corrected chi connectivity index (χ2v) is 3.73. The van der Waals surface area contributed by atoms with Crippen LogP contribution in [0.2, 0.25) is 0 Å². The van der Waals surface area contributed by atoms with Crippen LogP contribution in [-0.4, -0.2) is 34.7 Å². The van der Waals surface area contributed by atoms with E-state index in [1.54, 1.807) is 30.1 Å². The van der Waals surface area contributed by atoms with Crippen molar-refractivity contribution in [2.45, 2.75) is 26.3 Å². The number of aromatic nitrogens is 2. The fraction of sp³-hybridized carbons (Fsp3) is 0.545. The van der Waals surface area contributed by atoms with Gasteiger partial charge in [0, 0.05) is 18.9 Å². The molecule has 0 radical (unpaired) electrons. The molecule has 1 heterocycles. The lowest BCUT2D eigenvalue weighted by Crippen LogP contribution is -2.39. The van der Waals surface area contributed by atoms with Gasteiger partial charge in [-0.25, -0.2) is 0 Å². The van der Waals surface area contributed by atoms with E-state index in [0.717, 1.165) is 6.42 Å². The van der Waals surface area contributed by atoms with E-state index < -0.39 is 6.04 Å². The zero-order chi connectivity index (χ0) is 12.7. The summed E-state index contributed by atoms with van der Waals surface area (Å²) < 4.78 is 1.54. The minimum absolute atomic E-state index is 0.00441. The Morgan fingerprint density at radius 2 is 2.18 bits per heavy atom. The summed E-state index contributed by atoms with van der Waals surface area (Å²) in [6.07, 6.45) is 4.20. The van der Waals surface area contributed by atoms with Crippen LogP contribution >= 0.6 is 0 Å². The maximum absolute atomic E-state index is 11.7. The van der Waals surface area contributed by atoms with E-state index in [1.807, 2.05) is 6.92 Å². The predicted octanol–water partition coefficient (Wildman–Crippen LogP) is 0.0865. The summed E-state index contributed by atoms with van der Waals surface area (Å²) in [5, 5.41) is 9.22. The lowest BCUT2D eigenvalue weighted by Gasteiger charge is -2.12. The van der Waals surface area contributed by atoms with Crippen LogP contribution in [0, 0.1) is 0 Å². The monoisotopic (exact) mass is 238 g/mol. The Balaban J connectivity index is 2.32. The fourth-order valence-electron chi connectivity index (χ4n) is 1.27. The molecular formula is C11H18N4O2. The summed E-state index contributed by atoms with van der Waals surface area (Å²) in [6, 6.07) is 1.33. The summed E-state index contributed by atoms with van der Waals surface area (Å²) in [5.74, 6) is -0.395. The average molecular weight is 238 g/mol. The number of hydrogen-bond acceptors (Lipinski definition) is 3. The van der Waals surface area contributed by atoms with Gasteiger partial charge in [-0.3, -0.25) is 14.3 Å². The molecule has 1 aromatic heterocycles. The highest BCUT2D eigenvalue weighted by Gasteiger charge is 2.15. The standard InChI is InChI=1S/C11H18N4O2/c1-3-5-12-10(16)8-13-11(17)9(2)15-7-4-6-14-15/h4,6-7,9H,3,5,8H2,1-2H3,(H,12,16)(H,13,17)/t9-/m1/s1. The highest BCUT2D eigenvalue weighted by molar-refractivity contribution is 5.86. The first-order valence-corrected chi connectivity index (χ1v) is 5.68. The van der Waals surface area contributed by atoms with Crippen LogP contribution < -0.4 is 10.6 Å². The molecule has 1 atom stereocenters. The molecule has 0 aromatic carbocycles. The van der Waals surface area contributed by atoms with E-state index in [2.05, 4.69) is 15.7 Å². The van der Waals surface area contributed by atoms with Crippen molar-refractivity contribution in [2.24, 2.45) is 0 Å². The first-order valence-electron chi connectivity index (χ1n) is 5.68. The Kier molecular flexibility index (Phi) is 5.19. The summed E-state index contributed by atoms with van der Waals surface area (Å²) in [4.78, 5) is 22.9. The highest BCUT2D eigenvalue weighted by atomic mass is 16.2. The summed E-state index contributed by atoms with van der Waals surface area (Å²) in [5.41, 5.74) is 0. The number of carbonyl (C=O) groups excluding carboxylic acids is 2. The molecule has 1 aromatic rings. The van der Waals surface area contributed by atoms with Gasteiger partial charge in [-0.05, 0) is 19.4 Å². The first-order chi connectivity index (χ1) is 8.15. The molecule has 17 heavy (non-hydrogen) atoms. The molecule has 0 aliphatic carbocycles. The zero-order valence-corrected chi connectivity index (χ0v) is 10.1. The van der Waals surface area contributed by atoms with Crippen LogP contribution in [0.5, 0.6) is 0 Å². The van der Waals surface area contributed by atoms with Gasteiger partial charge < -0.3 is 10.6 Å². The summed E-state index contributed by atoms with van der Waals surface area (Å²) in [7, 11) is 0. The van der Waals surface area contributed by atoms with Crippen molar-refractivity contribution in [2.75, 3.05) is 13.1 Å². The van der Waals surface area contributed by atoms with E-state index in [4.69, 9.17) is 0 Å². The second-order valence-electron chi connectivity index (χ2n) is 3.73. The van der Waals surface area contributed by atoms with E-state index >= 15 is 0 Å². The maximum Gasteiger partial charge on any atom is 0.245 e. The fourth-order valence-corrected chi connectivity index (χ4v) is 1.27. The largest absolute Gasteiger partial charge is 0.355 e. The molecule has 0 unspecified atom stereocenters. The van der Waals surface area contributed by atoms with Crippen LogP contribution in [0.1, 0.15) is 26.3 Å². The third kappa shape index (κ3) is 4.26. The van der Waals surface area contributed by atoms with E-state index in [9.17, 15) is 9.59 Å². The van der Waals surface area contributed by atoms with Crippen molar-refractivity contribution < 1.29 is 9.59 Å². The van der Waals surface area contributed by atoms with Gasteiger partial charge in [0.1, 0.15) is 6.04 Å². The second kappa shape index (κ2) is 6.67. The smallest absolute Gasteiger partial charge is 0.245 e. The average Bonchev–Trinajstić information content (AvgIpc) is 2.86. The predicted molar refractivity (Wildman–Crippen MR) is 63.2 cm³/mol. The molecule has 6 heteroatoms. The van der Waals surface area contributed by atoms with Gasteiger partial charge in [-0.1, -0.05) is 6.92 Å². The molecule has 0 saturated carbocycles. The van der Waals surface area contributed by atoms with Crippen molar-refractivity contribution in [1.82, 2.24) is 20.4 Å². The summed E-state index contributed by atoms with van der Waals surface area (Å²) >= 11 is 0. The molecule has 0 saturated heterocycles. The maximum atomic E-state index is 11.7. The van der Waals surface area contributed by atoms with Crippen molar-refractivity contribution in [3.63, 3.8) is 0 Å². The minimum atomic E-state index is -0.413. The van der Waals surface area contributed by atoms with Gasteiger partial charge in [0.2, 0.25) is 11.8 Å². The molecule has 0 fully saturated rings. The van der Waals surface area contributed by atoms with Crippen molar-refractivity contribution in [3.8, 4) is 0 Å². The SMILES string of the molecule is CCCNC(=O)CNC(=O)[C@@H](C)n1cccn1. The molecule has 0 aliphatic heterocycles. The van der Waals surface area contributed by atoms with Gasteiger partial charge >= 0.3 is 0 Å². The molecule has 94 valence electrons. The van der Waals surface area contributed by atoms with Crippen molar-refractivity contribution >= 4 is 11.8 Å². The first kappa shape index (κ1) is 13.2. The number of nitrogens with one attached hydrogen (secondary N) is 2. The zero-order valence-electron chi connectivity index (χ0n) is 10.1. The van der Waals surface area contributed by atoms with Crippen LogP contribution in [0.4, 0.5) is 0 Å². The van der Waals surface area contributed by atoms with Crippen LogP contribution in [0.15, 0.2) is 18.5 Å². The van der Waals surface area contributed by atoms with Gasteiger partial charge in [-0.2, -0.15) is 5.10 Å². The normalized spacial score (nSPS) is 11.9. The van der Waals surface area contributed by atoms with Gasteiger partial charge in [0.05, 0.1) is 6.54 Å². The third-order valence-electron chi connectivity index (χ3n) is 2.30. The molecule has 1 rings (SSSR count). The lowest BCUT2D eigenvalue weighted by atomic mass is 10.3. The molecule has 0 spiro atoms. The van der Waals surface area contributed by atoms with Crippen molar-refractivity contribution in [3.05, 3.63) is 18.5 Å². The number of nitrogens with zero attached hydrogens (tertiary/aromatic N) is 2. The van der Waals surface area contributed by atoms with Crippen LogP contribution in [0.25, 0.3) is 0 Å². The molecule has 2 N–H and O–H groups in total. The number of amides is 2. The Morgan fingerprint density at radius 1 is 1.41 bits per heavy atom. The molecule has 2 amide bonds. The summed E-state index contributed by atoms with van der Waals surface area (Å²) in [6.45, 7) is 4.33. The molecule has 6 nitrogen and oxygen atoms in total. The Labute approximate surface area is 100 Å². The highest BCUT2D eigenvalue weighted by Crippen LogP contribution is 2.02. The lowest BCUT2D eigenvalue weighted by molar-refractivity contribution is -0.128. The number of hydrogen-bond donors (Lipinski definition) is 2. The third-order valence-corrected chi connectivity index (χ3v) is 2.30. The minimum Gasteiger partial charge on any atom is -0.355 e. The molecule has 0 bridgehead atoms.